The zero-order valence-electron chi connectivity index (χ0n) is 12.9. The van der Waals surface area contributed by atoms with Crippen molar-refractivity contribution in [3.05, 3.63) is 53.2 Å². The smallest absolute Gasteiger partial charge is 0.151 e. The van der Waals surface area contributed by atoms with Gasteiger partial charge >= 0.3 is 0 Å². The van der Waals surface area contributed by atoms with E-state index in [9.17, 15) is 0 Å². The Hall–Kier alpha value is -2.03. The van der Waals surface area contributed by atoms with Crippen LogP contribution in [0.2, 0.25) is 0 Å². The molecule has 1 fully saturated rings. The summed E-state index contributed by atoms with van der Waals surface area (Å²) in [4.78, 5) is 6.95. The first-order valence-corrected chi connectivity index (χ1v) is 7.74. The van der Waals surface area contributed by atoms with E-state index in [1.54, 1.807) is 0 Å². The molecule has 1 aromatic carbocycles. The molecule has 0 aliphatic carbocycles. The van der Waals surface area contributed by atoms with Gasteiger partial charge in [-0.2, -0.15) is 0 Å². The minimum absolute atomic E-state index is 0.841. The molecular weight excluding hydrogens is 258 g/mol. The minimum Gasteiger partial charge on any atom is -0.378 e. The van der Waals surface area contributed by atoms with Gasteiger partial charge in [0.2, 0.25) is 0 Å². The van der Waals surface area contributed by atoms with Crippen molar-refractivity contribution in [1.29, 1.82) is 0 Å². The zero-order valence-corrected chi connectivity index (χ0v) is 12.9. The third-order valence-corrected chi connectivity index (χ3v) is 4.25. The molecule has 0 unspecified atom stereocenters. The van der Waals surface area contributed by atoms with Crippen LogP contribution in [0.5, 0.6) is 0 Å². The molecule has 21 heavy (non-hydrogen) atoms. The summed E-state index contributed by atoms with van der Waals surface area (Å²) in [6.07, 6.45) is 4.43. The van der Waals surface area contributed by atoms with Crippen LogP contribution >= 0.6 is 0 Å². The van der Waals surface area contributed by atoms with Crippen LogP contribution in [0.4, 0.5) is 11.5 Å². The van der Waals surface area contributed by atoms with Gasteiger partial charge < -0.3 is 10.2 Å². The average molecular weight is 281 g/mol. The van der Waals surface area contributed by atoms with Gasteiger partial charge in [0.15, 0.2) is 5.82 Å². The van der Waals surface area contributed by atoms with Gasteiger partial charge in [0, 0.05) is 25.8 Å². The number of aryl methyl sites for hydroxylation is 2. The molecule has 2 heterocycles. The van der Waals surface area contributed by atoms with Crippen LogP contribution in [-0.2, 0) is 6.54 Å². The first kappa shape index (κ1) is 13.9. The number of rotatable bonds is 4. The van der Waals surface area contributed by atoms with Crippen LogP contribution in [0.25, 0.3) is 0 Å². The maximum atomic E-state index is 4.57. The lowest BCUT2D eigenvalue weighted by molar-refractivity contribution is 0.934. The molecule has 2 aromatic rings. The van der Waals surface area contributed by atoms with E-state index in [1.807, 2.05) is 12.3 Å². The quantitative estimate of drug-likeness (QED) is 0.921. The third kappa shape index (κ3) is 3.18. The molecule has 3 heteroatoms. The molecule has 0 bridgehead atoms. The predicted molar refractivity (Wildman–Crippen MR) is 88.9 cm³/mol. The third-order valence-electron chi connectivity index (χ3n) is 4.25. The Morgan fingerprint density at radius 3 is 2.67 bits per heavy atom. The van der Waals surface area contributed by atoms with Gasteiger partial charge in [-0.25, -0.2) is 4.98 Å². The Morgan fingerprint density at radius 1 is 1.10 bits per heavy atom. The fraction of sp³-hybridized carbons (Fsp3) is 0.389. The van der Waals surface area contributed by atoms with Gasteiger partial charge in [-0.05, 0) is 55.5 Å². The van der Waals surface area contributed by atoms with Crippen molar-refractivity contribution in [2.45, 2.75) is 33.2 Å². The summed E-state index contributed by atoms with van der Waals surface area (Å²) >= 11 is 0. The van der Waals surface area contributed by atoms with Crippen LogP contribution in [0, 0.1) is 13.8 Å². The zero-order chi connectivity index (χ0) is 14.7. The second-order valence-corrected chi connectivity index (χ2v) is 5.84. The average Bonchev–Trinajstić information content (AvgIpc) is 3.03. The topological polar surface area (TPSA) is 28.2 Å². The van der Waals surface area contributed by atoms with Crippen molar-refractivity contribution in [2.75, 3.05) is 23.3 Å². The van der Waals surface area contributed by atoms with E-state index < -0.39 is 0 Å². The molecule has 1 aromatic heterocycles. The Bertz CT molecular complexity index is 616. The monoisotopic (exact) mass is 281 g/mol. The standard InChI is InChI=1S/C18H23N3/c1-14-7-8-16(12-15(14)2)13-20-17-6-5-9-19-18(17)21-10-3-4-11-21/h5-9,12,20H,3-4,10-11,13H2,1-2H3. The number of anilines is 2. The van der Waals surface area contributed by atoms with E-state index in [4.69, 9.17) is 0 Å². The number of nitrogens with one attached hydrogen (secondary N) is 1. The maximum absolute atomic E-state index is 4.57. The largest absolute Gasteiger partial charge is 0.378 e. The molecule has 1 aliphatic heterocycles. The molecule has 110 valence electrons. The number of hydrogen-bond donors (Lipinski definition) is 1. The second kappa shape index (κ2) is 6.17. The van der Waals surface area contributed by atoms with Gasteiger partial charge in [0.25, 0.3) is 0 Å². The number of benzene rings is 1. The van der Waals surface area contributed by atoms with Crippen molar-refractivity contribution < 1.29 is 0 Å². The maximum Gasteiger partial charge on any atom is 0.151 e. The van der Waals surface area contributed by atoms with Crippen LogP contribution in [0.15, 0.2) is 36.5 Å². The normalized spacial score (nSPS) is 14.5. The molecule has 0 spiro atoms. The molecule has 0 saturated carbocycles. The SMILES string of the molecule is Cc1ccc(CNc2cccnc2N2CCCC2)cc1C. The lowest BCUT2D eigenvalue weighted by Crippen LogP contribution is -2.20. The number of hydrogen-bond acceptors (Lipinski definition) is 3. The highest BCUT2D eigenvalue weighted by Gasteiger charge is 2.16. The molecule has 0 radical (unpaired) electrons. The van der Waals surface area contributed by atoms with Crippen LogP contribution in [0.1, 0.15) is 29.5 Å². The first-order valence-electron chi connectivity index (χ1n) is 7.74. The van der Waals surface area contributed by atoms with Gasteiger partial charge in [-0.1, -0.05) is 18.2 Å². The van der Waals surface area contributed by atoms with Crippen molar-refractivity contribution in [3.8, 4) is 0 Å². The van der Waals surface area contributed by atoms with Crippen LogP contribution < -0.4 is 10.2 Å². The molecule has 0 atom stereocenters. The Labute approximate surface area is 127 Å². The van der Waals surface area contributed by atoms with Gasteiger partial charge in [0.05, 0.1) is 5.69 Å². The van der Waals surface area contributed by atoms with E-state index in [0.717, 1.165) is 31.1 Å². The minimum atomic E-state index is 0.841. The summed E-state index contributed by atoms with van der Waals surface area (Å²) in [6.45, 7) is 7.40. The Balaban J connectivity index is 1.74. The first-order chi connectivity index (χ1) is 10.2. The van der Waals surface area contributed by atoms with Crippen molar-refractivity contribution in [3.63, 3.8) is 0 Å². The predicted octanol–water partition coefficient (Wildman–Crippen LogP) is 3.91. The number of aromatic nitrogens is 1. The van der Waals surface area contributed by atoms with Gasteiger partial charge in [-0.15, -0.1) is 0 Å². The Kier molecular flexibility index (Phi) is 4.09. The highest BCUT2D eigenvalue weighted by molar-refractivity contribution is 5.65. The summed E-state index contributed by atoms with van der Waals surface area (Å²) in [5, 5.41) is 3.55. The second-order valence-electron chi connectivity index (χ2n) is 5.84. The molecule has 3 rings (SSSR count). The Morgan fingerprint density at radius 2 is 1.90 bits per heavy atom. The lowest BCUT2D eigenvalue weighted by atomic mass is 10.1. The number of nitrogens with zero attached hydrogens (tertiary/aromatic N) is 2. The molecule has 0 amide bonds. The number of pyridine rings is 1. The van der Waals surface area contributed by atoms with Crippen LogP contribution in [-0.4, -0.2) is 18.1 Å². The highest BCUT2D eigenvalue weighted by atomic mass is 15.2. The van der Waals surface area contributed by atoms with Crippen molar-refractivity contribution >= 4 is 11.5 Å². The fourth-order valence-electron chi connectivity index (χ4n) is 2.83. The van der Waals surface area contributed by atoms with E-state index in [-0.39, 0.29) is 0 Å². The summed E-state index contributed by atoms with van der Waals surface area (Å²) in [5.74, 6) is 1.10. The molecule has 3 nitrogen and oxygen atoms in total. The van der Waals surface area contributed by atoms with Crippen LogP contribution in [0.3, 0.4) is 0 Å². The van der Waals surface area contributed by atoms with E-state index in [0.29, 0.717) is 0 Å². The van der Waals surface area contributed by atoms with Crippen molar-refractivity contribution in [1.82, 2.24) is 4.98 Å². The highest BCUT2D eigenvalue weighted by Crippen LogP contribution is 2.26. The lowest BCUT2D eigenvalue weighted by Gasteiger charge is -2.20. The summed E-state index contributed by atoms with van der Waals surface area (Å²) in [6, 6.07) is 10.8. The summed E-state index contributed by atoms with van der Waals surface area (Å²) in [7, 11) is 0. The molecule has 1 aliphatic rings. The van der Waals surface area contributed by atoms with E-state index >= 15 is 0 Å². The van der Waals surface area contributed by atoms with Gasteiger partial charge in [-0.3, -0.25) is 0 Å². The van der Waals surface area contributed by atoms with E-state index in [1.165, 1.54) is 29.5 Å². The fourth-order valence-corrected chi connectivity index (χ4v) is 2.83. The molecule has 1 saturated heterocycles. The van der Waals surface area contributed by atoms with Crippen molar-refractivity contribution in [2.24, 2.45) is 0 Å². The molecular formula is C18H23N3. The molecule has 1 N–H and O–H groups in total. The van der Waals surface area contributed by atoms with Gasteiger partial charge in [0.1, 0.15) is 0 Å². The van der Waals surface area contributed by atoms with E-state index in [2.05, 4.69) is 53.3 Å². The summed E-state index contributed by atoms with van der Waals surface area (Å²) in [5.41, 5.74) is 5.14. The summed E-state index contributed by atoms with van der Waals surface area (Å²) < 4.78 is 0.